The van der Waals surface area contributed by atoms with E-state index in [9.17, 15) is 4.39 Å². The van der Waals surface area contributed by atoms with Gasteiger partial charge in [0.15, 0.2) is 5.01 Å². The van der Waals surface area contributed by atoms with Crippen molar-refractivity contribution in [3.63, 3.8) is 0 Å². The molecular formula is C10H17FN3S+. The average Bonchev–Trinajstić information content (AvgIpc) is 2.46. The highest BCUT2D eigenvalue weighted by molar-refractivity contribution is 7.11. The van der Waals surface area contributed by atoms with Crippen LogP contribution in [0.25, 0.3) is 0 Å². The normalized spacial score (nSPS) is 22.9. The number of halogens is 1. The average molecular weight is 230 g/mol. The molecule has 0 N–H and O–H groups in total. The van der Waals surface area contributed by atoms with Crippen LogP contribution in [0.5, 0.6) is 0 Å². The van der Waals surface area contributed by atoms with Gasteiger partial charge in [-0.3, -0.25) is 4.90 Å². The molecule has 1 aromatic heterocycles. The van der Waals surface area contributed by atoms with E-state index in [2.05, 4.69) is 25.9 Å². The molecule has 0 amide bonds. The molecule has 1 unspecified atom stereocenters. The van der Waals surface area contributed by atoms with E-state index in [4.69, 9.17) is 0 Å². The number of nitrogens with zero attached hydrogens (tertiary/aromatic N) is 3. The summed E-state index contributed by atoms with van der Waals surface area (Å²) >= 11 is 1.62. The molecule has 1 aliphatic heterocycles. The van der Waals surface area contributed by atoms with Gasteiger partial charge in [0.05, 0.1) is 13.1 Å². The van der Waals surface area contributed by atoms with Crippen molar-refractivity contribution in [3.05, 3.63) is 10.0 Å². The second kappa shape index (κ2) is 3.49. The fraction of sp³-hybridized carbons (Fsp3) is 0.800. The van der Waals surface area contributed by atoms with Gasteiger partial charge in [-0.25, -0.2) is 0 Å². The fourth-order valence-corrected chi connectivity index (χ4v) is 2.78. The van der Waals surface area contributed by atoms with E-state index < -0.39 is 6.30 Å². The van der Waals surface area contributed by atoms with Crippen molar-refractivity contribution in [2.75, 3.05) is 13.6 Å². The van der Waals surface area contributed by atoms with Gasteiger partial charge in [0.1, 0.15) is 0 Å². The van der Waals surface area contributed by atoms with E-state index in [1.54, 1.807) is 16.0 Å². The minimum absolute atomic E-state index is 0.00724. The molecule has 0 spiro atoms. The molecule has 1 aliphatic rings. The number of likely N-dealkylation sites (N-methyl/N-ethyl adjacent to an activating group) is 1. The lowest BCUT2D eigenvalue weighted by Crippen LogP contribution is -2.52. The zero-order valence-electron chi connectivity index (χ0n) is 9.62. The maximum Gasteiger partial charge on any atom is 0.337 e. The third kappa shape index (κ3) is 2.03. The van der Waals surface area contributed by atoms with Gasteiger partial charge in [-0.2, -0.15) is 4.39 Å². The van der Waals surface area contributed by atoms with Crippen molar-refractivity contribution in [2.24, 2.45) is 0 Å². The van der Waals surface area contributed by atoms with E-state index in [1.165, 1.54) is 0 Å². The molecule has 0 saturated carbocycles. The summed E-state index contributed by atoms with van der Waals surface area (Å²) in [7, 11) is 1.94. The highest BCUT2D eigenvalue weighted by Gasteiger charge is 2.37. The quantitative estimate of drug-likeness (QED) is 0.631. The number of aromatic nitrogens is 2. The third-order valence-corrected chi connectivity index (χ3v) is 3.88. The number of hydrogen-bond donors (Lipinski definition) is 0. The van der Waals surface area contributed by atoms with E-state index in [0.29, 0.717) is 6.54 Å². The molecule has 3 nitrogen and oxygen atoms in total. The molecule has 0 saturated heterocycles. The maximum atomic E-state index is 13.7. The zero-order chi connectivity index (χ0) is 11.2. The van der Waals surface area contributed by atoms with Crippen LogP contribution < -0.4 is 4.68 Å². The summed E-state index contributed by atoms with van der Waals surface area (Å²) < 4.78 is 15.2. The van der Waals surface area contributed by atoms with Crippen LogP contribution in [0.3, 0.4) is 0 Å². The summed E-state index contributed by atoms with van der Waals surface area (Å²) in [5, 5.41) is 6.40. The minimum atomic E-state index is -0.994. The van der Waals surface area contributed by atoms with Gasteiger partial charge in [0, 0.05) is 10.5 Å². The van der Waals surface area contributed by atoms with E-state index in [-0.39, 0.29) is 5.41 Å². The van der Waals surface area contributed by atoms with Gasteiger partial charge in [0.25, 0.3) is 5.01 Å². The van der Waals surface area contributed by atoms with Gasteiger partial charge in [0.2, 0.25) is 0 Å². The van der Waals surface area contributed by atoms with Gasteiger partial charge in [-0.1, -0.05) is 20.8 Å². The largest absolute Gasteiger partial charge is 0.337 e. The van der Waals surface area contributed by atoms with Crippen molar-refractivity contribution in [2.45, 2.75) is 39.0 Å². The molecule has 84 valence electrons. The number of fused-ring (bicyclic) bond motifs is 1. The molecule has 0 fully saturated rings. The van der Waals surface area contributed by atoms with Crippen LogP contribution in [-0.4, -0.2) is 23.6 Å². The molecule has 15 heavy (non-hydrogen) atoms. The van der Waals surface area contributed by atoms with E-state index >= 15 is 0 Å². The first-order valence-corrected chi connectivity index (χ1v) is 5.94. The first-order valence-electron chi connectivity index (χ1n) is 5.12. The lowest BCUT2D eigenvalue weighted by atomic mass is 9.98. The first kappa shape index (κ1) is 11.0. The second-order valence-electron chi connectivity index (χ2n) is 5.13. The summed E-state index contributed by atoms with van der Waals surface area (Å²) in [6.45, 7) is 7.55. The third-order valence-electron chi connectivity index (χ3n) is 2.44. The predicted octanol–water partition coefficient (Wildman–Crippen LogP) is 1.64. The monoisotopic (exact) mass is 230 g/mol. The lowest BCUT2D eigenvalue weighted by molar-refractivity contribution is -0.806. The standard InChI is InChI=1S/C10H17FN3S/c1-10(2,3)9-12-14-7(11)5-13(4)6-8(14)15-9/h7H,5-6H2,1-4H3/q+1. The first-order chi connectivity index (χ1) is 6.88. The molecule has 0 aromatic carbocycles. The van der Waals surface area contributed by atoms with E-state index in [1.807, 2.05) is 11.9 Å². The SMILES string of the molecule is CN1Cc2sc(C(C)(C)C)n[n+]2C(F)C1. The van der Waals surface area contributed by atoms with Crippen LogP contribution in [0.15, 0.2) is 0 Å². The zero-order valence-corrected chi connectivity index (χ0v) is 10.4. The van der Waals surface area contributed by atoms with Gasteiger partial charge < -0.3 is 0 Å². The summed E-state index contributed by atoms with van der Waals surface area (Å²) in [5.74, 6) is 0. The molecule has 0 bridgehead atoms. The molecule has 5 heteroatoms. The highest BCUT2D eigenvalue weighted by Crippen LogP contribution is 2.27. The van der Waals surface area contributed by atoms with Crippen LogP contribution in [0.4, 0.5) is 4.39 Å². The fourth-order valence-electron chi connectivity index (χ4n) is 1.59. The number of hydrogen-bond acceptors (Lipinski definition) is 3. The predicted molar refractivity (Wildman–Crippen MR) is 57.5 cm³/mol. The minimum Gasteiger partial charge on any atom is -0.287 e. The Morgan fingerprint density at radius 3 is 2.80 bits per heavy atom. The Morgan fingerprint density at radius 1 is 1.53 bits per heavy atom. The van der Waals surface area contributed by atoms with Crippen molar-refractivity contribution in [1.29, 1.82) is 0 Å². The molecule has 2 heterocycles. The molecule has 0 radical (unpaired) electrons. The van der Waals surface area contributed by atoms with Gasteiger partial charge >= 0.3 is 6.30 Å². The van der Waals surface area contributed by atoms with E-state index in [0.717, 1.165) is 16.6 Å². The Labute approximate surface area is 93.5 Å². The summed E-state index contributed by atoms with van der Waals surface area (Å²) in [6, 6.07) is 0. The Morgan fingerprint density at radius 2 is 2.20 bits per heavy atom. The number of alkyl halides is 1. The molecule has 1 aromatic rings. The van der Waals surface area contributed by atoms with Crippen molar-refractivity contribution in [1.82, 2.24) is 10.00 Å². The lowest BCUT2D eigenvalue weighted by Gasteiger charge is -2.17. The smallest absolute Gasteiger partial charge is 0.287 e. The molecule has 1 atom stereocenters. The topological polar surface area (TPSA) is 20.0 Å². The Kier molecular flexibility index (Phi) is 2.55. The van der Waals surface area contributed by atoms with Crippen molar-refractivity contribution >= 4 is 11.3 Å². The number of rotatable bonds is 0. The summed E-state index contributed by atoms with van der Waals surface area (Å²) in [4.78, 5) is 1.99. The van der Waals surface area contributed by atoms with Crippen LogP contribution >= 0.6 is 11.3 Å². The van der Waals surface area contributed by atoms with Crippen LogP contribution in [0.1, 0.15) is 37.1 Å². The van der Waals surface area contributed by atoms with Crippen LogP contribution in [0, 0.1) is 0 Å². The molecular weight excluding hydrogens is 213 g/mol. The second-order valence-corrected chi connectivity index (χ2v) is 6.19. The summed E-state index contributed by atoms with van der Waals surface area (Å²) in [6.07, 6.45) is -0.994. The molecule has 0 aliphatic carbocycles. The highest BCUT2D eigenvalue weighted by atomic mass is 32.1. The van der Waals surface area contributed by atoms with Gasteiger partial charge in [-0.15, -0.1) is 0 Å². The van der Waals surface area contributed by atoms with Crippen LogP contribution in [-0.2, 0) is 12.0 Å². The summed E-state index contributed by atoms with van der Waals surface area (Å²) in [5.41, 5.74) is 0.00724. The molecule has 2 rings (SSSR count). The Balaban J connectivity index is 2.39. The van der Waals surface area contributed by atoms with Crippen molar-refractivity contribution in [3.8, 4) is 0 Å². The van der Waals surface area contributed by atoms with Crippen LogP contribution in [0.2, 0.25) is 0 Å². The Hall–Kier alpha value is -0.550. The van der Waals surface area contributed by atoms with Gasteiger partial charge in [-0.05, 0) is 23.1 Å². The van der Waals surface area contributed by atoms with Crippen molar-refractivity contribution < 1.29 is 9.07 Å². The Bertz CT molecular complexity index is 369. The maximum absolute atomic E-state index is 13.7.